The van der Waals surface area contributed by atoms with Gasteiger partial charge < -0.3 is 15.2 Å². The lowest BCUT2D eigenvalue weighted by atomic mass is 10.2. The predicted molar refractivity (Wildman–Crippen MR) is 84.1 cm³/mol. The van der Waals surface area contributed by atoms with Gasteiger partial charge in [-0.2, -0.15) is 0 Å². The molecule has 2 N–H and O–H groups in total. The number of nitrogens with zero attached hydrogens (tertiary/aromatic N) is 2. The van der Waals surface area contributed by atoms with Gasteiger partial charge in [0.1, 0.15) is 5.82 Å². The Morgan fingerprint density at radius 3 is 3.00 bits per heavy atom. The highest BCUT2D eigenvalue weighted by Gasteiger charge is 2.19. The molecule has 0 saturated heterocycles. The monoisotopic (exact) mass is 292 g/mol. The molecule has 1 unspecified atom stereocenters. The summed E-state index contributed by atoms with van der Waals surface area (Å²) >= 11 is 0. The van der Waals surface area contributed by atoms with Crippen LogP contribution in [-0.2, 0) is 30.7 Å². The minimum atomic E-state index is 0.142. The van der Waals surface area contributed by atoms with Gasteiger partial charge in [0.25, 0.3) is 0 Å². The third kappa shape index (κ3) is 4.06. The zero-order valence-corrected chi connectivity index (χ0v) is 13.5. The summed E-state index contributed by atoms with van der Waals surface area (Å²) < 4.78 is 2.29. The lowest BCUT2D eigenvalue weighted by Crippen LogP contribution is -2.33. The van der Waals surface area contributed by atoms with Gasteiger partial charge in [0.2, 0.25) is 5.91 Å². The Balaban J connectivity index is 2.04. The SMILES string of the molecule is CCCc1nc2c(n1CCC(=O)NC(C)CC)CCNC2. The van der Waals surface area contributed by atoms with Crippen molar-refractivity contribution in [3.63, 3.8) is 0 Å². The number of hydrogen-bond acceptors (Lipinski definition) is 3. The fourth-order valence-electron chi connectivity index (χ4n) is 2.77. The summed E-state index contributed by atoms with van der Waals surface area (Å²) in [5.74, 6) is 1.28. The van der Waals surface area contributed by atoms with Crippen LogP contribution in [0.4, 0.5) is 0 Å². The van der Waals surface area contributed by atoms with E-state index in [4.69, 9.17) is 4.98 Å². The quantitative estimate of drug-likeness (QED) is 0.805. The van der Waals surface area contributed by atoms with Crippen molar-refractivity contribution >= 4 is 5.91 Å². The fraction of sp³-hybridized carbons (Fsp3) is 0.750. The van der Waals surface area contributed by atoms with E-state index in [0.29, 0.717) is 6.42 Å². The van der Waals surface area contributed by atoms with Gasteiger partial charge >= 0.3 is 0 Å². The van der Waals surface area contributed by atoms with E-state index >= 15 is 0 Å². The van der Waals surface area contributed by atoms with Crippen LogP contribution in [0.15, 0.2) is 0 Å². The van der Waals surface area contributed by atoms with E-state index in [1.807, 2.05) is 6.92 Å². The average molecular weight is 292 g/mol. The number of carbonyl (C=O) groups is 1. The Morgan fingerprint density at radius 2 is 2.29 bits per heavy atom. The molecule has 0 fully saturated rings. The lowest BCUT2D eigenvalue weighted by Gasteiger charge is -2.17. The Bertz CT molecular complexity index is 481. The lowest BCUT2D eigenvalue weighted by molar-refractivity contribution is -0.121. The van der Waals surface area contributed by atoms with E-state index < -0.39 is 0 Å². The molecule has 1 amide bonds. The number of imidazole rings is 1. The molecule has 1 aliphatic rings. The normalized spacial score (nSPS) is 15.6. The molecule has 1 aliphatic heterocycles. The number of rotatable bonds is 7. The van der Waals surface area contributed by atoms with Crippen molar-refractivity contribution in [2.45, 2.75) is 72.0 Å². The van der Waals surface area contributed by atoms with Crippen molar-refractivity contribution in [2.24, 2.45) is 0 Å². The molecule has 0 saturated carbocycles. The molecule has 1 atom stereocenters. The van der Waals surface area contributed by atoms with Crippen molar-refractivity contribution in [1.29, 1.82) is 0 Å². The highest BCUT2D eigenvalue weighted by molar-refractivity contribution is 5.76. The van der Waals surface area contributed by atoms with Crippen LogP contribution in [-0.4, -0.2) is 28.0 Å². The smallest absolute Gasteiger partial charge is 0.221 e. The van der Waals surface area contributed by atoms with Crippen LogP contribution in [0, 0.1) is 0 Å². The second-order valence-corrected chi connectivity index (χ2v) is 5.88. The van der Waals surface area contributed by atoms with Gasteiger partial charge in [-0.05, 0) is 19.8 Å². The molecule has 1 aromatic heterocycles. The van der Waals surface area contributed by atoms with Gasteiger partial charge in [-0.15, -0.1) is 0 Å². The molecule has 0 spiro atoms. The second-order valence-electron chi connectivity index (χ2n) is 5.88. The minimum Gasteiger partial charge on any atom is -0.354 e. The molecule has 0 bridgehead atoms. The maximum absolute atomic E-state index is 12.0. The van der Waals surface area contributed by atoms with Crippen molar-refractivity contribution in [1.82, 2.24) is 20.2 Å². The molecule has 0 aliphatic carbocycles. The van der Waals surface area contributed by atoms with E-state index in [2.05, 4.69) is 29.0 Å². The molecular formula is C16H28N4O. The summed E-state index contributed by atoms with van der Waals surface area (Å²) in [7, 11) is 0. The van der Waals surface area contributed by atoms with Crippen molar-refractivity contribution in [2.75, 3.05) is 6.54 Å². The topological polar surface area (TPSA) is 59.0 Å². The van der Waals surface area contributed by atoms with Crippen LogP contribution >= 0.6 is 0 Å². The first kappa shape index (κ1) is 16.0. The summed E-state index contributed by atoms with van der Waals surface area (Å²) in [6.45, 7) is 8.92. The summed E-state index contributed by atoms with van der Waals surface area (Å²) in [5.41, 5.74) is 2.50. The number of hydrogen-bond donors (Lipinski definition) is 2. The minimum absolute atomic E-state index is 0.142. The van der Waals surface area contributed by atoms with Crippen LogP contribution in [0.25, 0.3) is 0 Å². The third-order valence-corrected chi connectivity index (χ3v) is 4.12. The fourth-order valence-corrected chi connectivity index (χ4v) is 2.77. The van der Waals surface area contributed by atoms with Crippen LogP contribution < -0.4 is 10.6 Å². The number of aromatic nitrogens is 2. The predicted octanol–water partition coefficient (Wildman–Crippen LogP) is 1.79. The molecule has 2 heterocycles. The third-order valence-electron chi connectivity index (χ3n) is 4.12. The molecule has 5 nitrogen and oxygen atoms in total. The molecular weight excluding hydrogens is 264 g/mol. The Labute approximate surface area is 127 Å². The molecule has 118 valence electrons. The number of nitrogens with one attached hydrogen (secondary N) is 2. The maximum Gasteiger partial charge on any atom is 0.221 e. The van der Waals surface area contributed by atoms with Gasteiger partial charge in [-0.25, -0.2) is 4.98 Å². The van der Waals surface area contributed by atoms with E-state index in [1.54, 1.807) is 0 Å². The molecule has 2 rings (SSSR count). The summed E-state index contributed by atoms with van der Waals surface area (Å²) in [4.78, 5) is 16.8. The zero-order chi connectivity index (χ0) is 15.2. The number of fused-ring (bicyclic) bond motifs is 1. The molecule has 5 heteroatoms. The van der Waals surface area contributed by atoms with E-state index in [0.717, 1.165) is 51.1 Å². The zero-order valence-electron chi connectivity index (χ0n) is 13.5. The highest BCUT2D eigenvalue weighted by Crippen LogP contribution is 2.18. The number of amides is 1. The maximum atomic E-state index is 12.0. The second kappa shape index (κ2) is 7.59. The van der Waals surface area contributed by atoms with Gasteiger partial charge in [-0.1, -0.05) is 13.8 Å². The van der Waals surface area contributed by atoms with Crippen molar-refractivity contribution in [3.8, 4) is 0 Å². The Kier molecular flexibility index (Phi) is 5.79. The first-order valence-electron chi connectivity index (χ1n) is 8.22. The first-order chi connectivity index (χ1) is 10.2. The average Bonchev–Trinajstić information content (AvgIpc) is 2.83. The van der Waals surface area contributed by atoms with Gasteiger partial charge in [-0.3, -0.25) is 4.79 Å². The molecule has 0 aromatic carbocycles. The van der Waals surface area contributed by atoms with E-state index in [9.17, 15) is 4.79 Å². The standard InChI is InChI=1S/C16H28N4O/c1-4-6-15-19-13-11-17-9-7-14(13)20(15)10-8-16(21)18-12(3)5-2/h12,17H,4-11H2,1-3H3,(H,18,21). The number of aryl methyl sites for hydroxylation is 1. The molecule has 1 aromatic rings. The van der Waals surface area contributed by atoms with Crippen LogP contribution in [0.2, 0.25) is 0 Å². The van der Waals surface area contributed by atoms with Crippen molar-refractivity contribution < 1.29 is 4.79 Å². The Morgan fingerprint density at radius 1 is 1.48 bits per heavy atom. The molecule has 0 radical (unpaired) electrons. The Hall–Kier alpha value is -1.36. The highest BCUT2D eigenvalue weighted by atomic mass is 16.1. The van der Waals surface area contributed by atoms with Gasteiger partial charge in [0, 0.05) is 50.6 Å². The van der Waals surface area contributed by atoms with Crippen LogP contribution in [0.5, 0.6) is 0 Å². The number of carbonyl (C=O) groups excluding carboxylic acids is 1. The first-order valence-corrected chi connectivity index (χ1v) is 8.22. The summed E-state index contributed by atoms with van der Waals surface area (Å²) in [6, 6.07) is 0.258. The summed E-state index contributed by atoms with van der Waals surface area (Å²) in [6.07, 6.45) is 4.59. The van der Waals surface area contributed by atoms with Gasteiger partial charge in [0.05, 0.1) is 5.69 Å². The van der Waals surface area contributed by atoms with Gasteiger partial charge in [0.15, 0.2) is 0 Å². The van der Waals surface area contributed by atoms with E-state index in [1.165, 1.54) is 11.4 Å². The van der Waals surface area contributed by atoms with Crippen LogP contribution in [0.3, 0.4) is 0 Å². The van der Waals surface area contributed by atoms with E-state index in [-0.39, 0.29) is 11.9 Å². The summed E-state index contributed by atoms with van der Waals surface area (Å²) in [5, 5.41) is 6.41. The van der Waals surface area contributed by atoms with Crippen molar-refractivity contribution in [3.05, 3.63) is 17.2 Å². The largest absolute Gasteiger partial charge is 0.354 e. The van der Waals surface area contributed by atoms with Crippen LogP contribution in [0.1, 0.15) is 57.2 Å². The molecule has 21 heavy (non-hydrogen) atoms.